The zero-order valence-electron chi connectivity index (χ0n) is 18.5. The molecule has 160 valence electrons. The smallest absolute Gasteiger partial charge is 0.0716 e. The molecule has 0 heterocycles. The normalized spacial score (nSPS) is 27.4. The number of rotatable bonds is 11. The number of benzene rings is 1. The molecule has 0 aromatic heterocycles. The van der Waals surface area contributed by atoms with Crippen LogP contribution in [0.2, 0.25) is 0 Å². The second-order valence-electron chi connectivity index (χ2n) is 9.48. The summed E-state index contributed by atoms with van der Waals surface area (Å²) >= 11 is 0. The molecular weight excluding hydrogens is 352 g/mol. The molecule has 0 unspecified atom stereocenters. The van der Waals surface area contributed by atoms with Crippen LogP contribution in [0.5, 0.6) is 0 Å². The topological polar surface area (TPSA) is 9.23 Å². The number of unbranched alkanes of at least 4 members (excludes halogenated alkanes) is 1. The van der Waals surface area contributed by atoms with E-state index in [1.54, 1.807) is 5.56 Å². The largest absolute Gasteiger partial charge is 0.377 e. The van der Waals surface area contributed by atoms with Gasteiger partial charge in [-0.1, -0.05) is 49.3 Å². The summed E-state index contributed by atoms with van der Waals surface area (Å²) in [4.78, 5) is 0. The molecule has 2 aliphatic carbocycles. The molecule has 2 aliphatic rings. The van der Waals surface area contributed by atoms with Crippen LogP contribution in [-0.4, -0.2) is 6.61 Å². The molecule has 0 aliphatic heterocycles. The molecule has 3 rings (SSSR count). The lowest BCUT2D eigenvalue weighted by Gasteiger charge is -2.38. The first-order chi connectivity index (χ1) is 14.3. The molecule has 2 saturated carbocycles. The van der Waals surface area contributed by atoms with Gasteiger partial charge in [-0.25, -0.2) is 0 Å². The van der Waals surface area contributed by atoms with Crippen LogP contribution in [-0.2, 0) is 11.3 Å². The Morgan fingerprint density at radius 1 is 0.793 bits per heavy atom. The fraction of sp³-hybridized carbons (Fsp3) is 0.643. The Hall–Kier alpha value is -1.34. The minimum atomic E-state index is 0.736. The number of hydrogen-bond donors (Lipinski definition) is 0. The quantitative estimate of drug-likeness (QED) is 0.271. The van der Waals surface area contributed by atoms with Crippen LogP contribution in [0.15, 0.2) is 49.6 Å². The highest BCUT2D eigenvalue weighted by molar-refractivity contribution is 5.25. The van der Waals surface area contributed by atoms with Crippen molar-refractivity contribution in [2.45, 2.75) is 89.6 Å². The van der Waals surface area contributed by atoms with Crippen molar-refractivity contribution in [3.63, 3.8) is 0 Å². The monoisotopic (exact) mass is 394 g/mol. The van der Waals surface area contributed by atoms with E-state index in [0.717, 1.165) is 49.7 Å². The van der Waals surface area contributed by atoms with Crippen molar-refractivity contribution in [1.29, 1.82) is 0 Å². The molecule has 0 amide bonds. The van der Waals surface area contributed by atoms with Crippen molar-refractivity contribution >= 4 is 0 Å². The minimum Gasteiger partial charge on any atom is -0.377 e. The van der Waals surface area contributed by atoms with Crippen molar-refractivity contribution in [2.24, 2.45) is 17.8 Å². The van der Waals surface area contributed by atoms with Crippen LogP contribution in [0, 0.1) is 17.8 Å². The molecule has 0 saturated heterocycles. The van der Waals surface area contributed by atoms with Crippen LogP contribution in [0.4, 0.5) is 0 Å². The Kier molecular flexibility index (Phi) is 9.54. The Morgan fingerprint density at radius 3 is 2.03 bits per heavy atom. The van der Waals surface area contributed by atoms with Gasteiger partial charge in [-0.15, -0.1) is 13.2 Å². The van der Waals surface area contributed by atoms with E-state index in [9.17, 15) is 0 Å². The molecule has 1 nitrogen and oxygen atoms in total. The predicted octanol–water partition coefficient (Wildman–Crippen LogP) is 8.22. The summed E-state index contributed by atoms with van der Waals surface area (Å²) in [5.74, 6) is 3.76. The highest BCUT2D eigenvalue weighted by atomic mass is 16.5. The van der Waals surface area contributed by atoms with E-state index < -0.39 is 0 Å². The van der Waals surface area contributed by atoms with Gasteiger partial charge in [0.25, 0.3) is 0 Å². The molecule has 1 aromatic carbocycles. The molecule has 2 fully saturated rings. The lowest BCUT2D eigenvalue weighted by Crippen LogP contribution is -2.25. The first-order valence-electron chi connectivity index (χ1n) is 12.2. The second kappa shape index (κ2) is 12.4. The van der Waals surface area contributed by atoms with E-state index in [0.29, 0.717) is 0 Å². The molecular formula is C28H42O. The second-order valence-corrected chi connectivity index (χ2v) is 9.48. The minimum absolute atomic E-state index is 0.736. The van der Waals surface area contributed by atoms with Crippen molar-refractivity contribution in [2.75, 3.05) is 6.61 Å². The summed E-state index contributed by atoms with van der Waals surface area (Å²) in [5, 5.41) is 0. The third-order valence-corrected chi connectivity index (χ3v) is 7.53. The Morgan fingerprint density at radius 2 is 1.41 bits per heavy atom. The highest BCUT2D eigenvalue weighted by Crippen LogP contribution is 2.44. The van der Waals surface area contributed by atoms with Gasteiger partial charge in [-0.3, -0.25) is 0 Å². The standard InChI is InChI=1S/C28H42O/c1-3-5-7-21-29-22-24-11-15-26(16-12-24)28-19-17-27(18-20-28)25-13-9-23(10-14-25)8-6-4-2/h3-4,11-12,15-16,23,25,27-28H,1-2,5-10,13-14,17-22H2/t23-,25-,27-,28-. The van der Waals surface area contributed by atoms with Crippen molar-refractivity contribution < 1.29 is 4.74 Å². The average molecular weight is 395 g/mol. The maximum absolute atomic E-state index is 5.76. The van der Waals surface area contributed by atoms with E-state index in [1.165, 1.54) is 69.8 Å². The van der Waals surface area contributed by atoms with Crippen molar-refractivity contribution in [3.8, 4) is 0 Å². The van der Waals surface area contributed by atoms with Gasteiger partial charge in [-0.2, -0.15) is 0 Å². The van der Waals surface area contributed by atoms with E-state index in [4.69, 9.17) is 4.74 Å². The Balaban J connectivity index is 1.37. The van der Waals surface area contributed by atoms with Gasteiger partial charge in [0.1, 0.15) is 0 Å². The summed E-state index contributed by atoms with van der Waals surface area (Å²) in [6, 6.07) is 9.27. The first-order valence-corrected chi connectivity index (χ1v) is 12.2. The van der Waals surface area contributed by atoms with Gasteiger partial charge in [0.15, 0.2) is 0 Å². The first kappa shape index (κ1) is 22.3. The fourth-order valence-corrected chi connectivity index (χ4v) is 5.63. The summed E-state index contributed by atoms with van der Waals surface area (Å²) in [5.41, 5.74) is 2.85. The molecule has 1 heteroatoms. The third kappa shape index (κ3) is 7.14. The van der Waals surface area contributed by atoms with E-state index in [1.807, 2.05) is 6.08 Å². The van der Waals surface area contributed by atoms with Gasteiger partial charge in [-0.05, 0) is 99.0 Å². The lowest BCUT2D eigenvalue weighted by atomic mass is 9.68. The van der Waals surface area contributed by atoms with Crippen LogP contribution in [0.1, 0.15) is 94.1 Å². The molecule has 0 spiro atoms. The van der Waals surface area contributed by atoms with Gasteiger partial charge in [0.05, 0.1) is 6.61 Å². The molecule has 1 aromatic rings. The van der Waals surface area contributed by atoms with Gasteiger partial charge in [0.2, 0.25) is 0 Å². The van der Waals surface area contributed by atoms with E-state index in [2.05, 4.69) is 43.5 Å². The van der Waals surface area contributed by atoms with E-state index in [-0.39, 0.29) is 0 Å². The third-order valence-electron chi connectivity index (χ3n) is 7.53. The van der Waals surface area contributed by atoms with Gasteiger partial charge in [0, 0.05) is 6.61 Å². The maximum atomic E-state index is 5.76. The molecule has 29 heavy (non-hydrogen) atoms. The molecule has 0 atom stereocenters. The highest BCUT2D eigenvalue weighted by Gasteiger charge is 2.31. The fourth-order valence-electron chi connectivity index (χ4n) is 5.63. The van der Waals surface area contributed by atoms with Crippen LogP contribution >= 0.6 is 0 Å². The summed E-state index contributed by atoms with van der Waals surface area (Å²) in [6.07, 6.45) is 20.3. The Labute approximate surface area is 179 Å². The van der Waals surface area contributed by atoms with Gasteiger partial charge >= 0.3 is 0 Å². The van der Waals surface area contributed by atoms with Crippen LogP contribution in [0.3, 0.4) is 0 Å². The van der Waals surface area contributed by atoms with Crippen LogP contribution in [0.25, 0.3) is 0 Å². The predicted molar refractivity (Wildman–Crippen MR) is 125 cm³/mol. The number of ether oxygens (including phenoxy) is 1. The number of allylic oxidation sites excluding steroid dienone is 2. The Bertz CT molecular complexity index is 585. The van der Waals surface area contributed by atoms with Crippen molar-refractivity contribution in [3.05, 3.63) is 60.7 Å². The van der Waals surface area contributed by atoms with E-state index >= 15 is 0 Å². The zero-order chi connectivity index (χ0) is 20.3. The van der Waals surface area contributed by atoms with Crippen LogP contribution < -0.4 is 0 Å². The molecule has 0 N–H and O–H groups in total. The number of hydrogen-bond acceptors (Lipinski definition) is 1. The average Bonchev–Trinajstić information content (AvgIpc) is 2.78. The molecule has 0 bridgehead atoms. The zero-order valence-corrected chi connectivity index (χ0v) is 18.5. The maximum Gasteiger partial charge on any atom is 0.0716 e. The lowest BCUT2D eigenvalue weighted by molar-refractivity contribution is 0.119. The van der Waals surface area contributed by atoms with Gasteiger partial charge < -0.3 is 4.74 Å². The SMILES string of the molecule is C=CCCCOCc1ccc([C@H]2CC[C@H]([C@H]3CC[C@H](CCC=C)CC3)CC2)cc1. The summed E-state index contributed by atoms with van der Waals surface area (Å²) < 4.78 is 5.76. The summed E-state index contributed by atoms with van der Waals surface area (Å²) in [6.45, 7) is 9.20. The molecule has 0 radical (unpaired) electrons. The van der Waals surface area contributed by atoms with Crippen molar-refractivity contribution in [1.82, 2.24) is 0 Å². The summed E-state index contributed by atoms with van der Waals surface area (Å²) in [7, 11) is 0.